The van der Waals surface area contributed by atoms with E-state index in [-0.39, 0.29) is 5.84 Å². The first-order chi connectivity index (χ1) is 8.75. The van der Waals surface area contributed by atoms with Crippen molar-refractivity contribution in [3.05, 3.63) is 59.7 Å². The third-order valence-corrected chi connectivity index (χ3v) is 3.38. The molecule has 2 aromatic carbocycles. The molecule has 1 aliphatic heterocycles. The van der Waals surface area contributed by atoms with Gasteiger partial charge in [0.1, 0.15) is 5.84 Å². The molecule has 18 heavy (non-hydrogen) atoms. The maximum Gasteiger partial charge on any atom is 0.122 e. The van der Waals surface area contributed by atoms with Crippen LogP contribution in [0.3, 0.4) is 0 Å². The standard InChI is InChI=1S/C15H15N3/c16-15(17)12-5-7-13(8-6-12)18-10-9-11-3-1-2-4-14(11)18/h1-8H,9-10H2,(H3,16,17). The average Bonchev–Trinajstić information content (AvgIpc) is 2.82. The Morgan fingerprint density at radius 3 is 2.50 bits per heavy atom. The van der Waals surface area contributed by atoms with Gasteiger partial charge in [-0.15, -0.1) is 0 Å². The Hall–Kier alpha value is -2.29. The number of nitrogens with zero attached hydrogens (tertiary/aromatic N) is 1. The Balaban J connectivity index is 1.95. The van der Waals surface area contributed by atoms with Gasteiger partial charge in [-0.2, -0.15) is 0 Å². The highest BCUT2D eigenvalue weighted by Crippen LogP contribution is 2.34. The molecule has 0 saturated carbocycles. The molecular formula is C15H15N3. The summed E-state index contributed by atoms with van der Waals surface area (Å²) >= 11 is 0. The Morgan fingerprint density at radius 1 is 1.06 bits per heavy atom. The van der Waals surface area contributed by atoms with Gasteiger partial charge < -0.3 is 10.6 Å². The van der Waals surface area contributed by atoms with Gasteiger partial charge in [-0.05, 0) is 42.3 Å². The molecule has 0 aromatic heterocycles. The summed E-state index contributed by atoms with van der Waals surface area (Å²) in [5.41, 5.74) is 10.1. The Morgan fingerprint density at radius 2 is 1.78 bits per heavy atom. The van der Waals surface area contributed by atoms with Gasteiger partial charge in [0.25, 0.3) is 0 Å². The average molecular weight is 237 g/mol. The molecule has 3 heteroatoms. The van der Waals surface area contributed by atoms with Crippen molar-refractivity contribution in [3.63, 3.8) is 0 Å². The Bertz CT molecular complexity index is 587. The highest BCUT2D eigenvalue weighted by atomic mass is 15.2. The minimum Gasteiger partial charge on any atom is -0.384 e. The van der Waals surface area contributed by atoms with Crippen LogP contribution in [0.2, 0.25) is 0 Å². The fraction of sp³-hybridized carbons (Fsp3) is 0.133. The Labute approximate surface area is 106 Å². The van der Waals surface area contributed by atoms with Crippen LogP contribution in [0.25, 0.3) is 0 Å². The predicted molar refractivity (Wildman–Crippen MR) is 74.6 cm³/mol. The van der Waals surface area contributed by atoms with Crippen molar-refractivity contribution >= 4 is 17.2 Å². The van der Waals surface area contributed by atoms with Gasteiger partial charge >= 0.3 is 0 Å². The second-order valence-electron chi connectivity index (χ2n) is 4.49. The molecule has 0 saturated heterocycles. The molecular weight excluding hydrogens is 222 g/mol. The summed E-state index contributed by atoms with van der Waals surface area (Å²) in [5.74, 6) is 0.114. The van der Waals surface area contributed by atoms with E-state index in [4.69, 9.17) is 11.1 Å². The molecule has 2 aromatic rings. The summed E-state index contributed by atoms with van der Waals surface area (Å²) in [6.45, 7) is 1.01. The summed E-state index contributed by atoms with van der Waals surface area (Å²) in [6.07, 6.45) is 1.09. The van der Waals surface area contributed by atoms with Crippen LogP contribution in [0.1, 0.15) is 11.1 Å². The zero-order valence-corrected chi connectivity index (χ0v) is 10.1. The van der Waals surface area contributed by atoms with Crippen LogP contribution >= 0.6 is 0 Å². The van der Waals surface area contributed by atoms with Crippen LogP contribution in [-0.4, -0.2) is 12.4 Å². The molecule has 1 heterocycles. The molecule has 0 fully saturated rings. The number of nitrogen functional groups attached to an aromatic ring is 1. The van der Waals surface area contributed by atoms with Crippen molar-refractivity contribution in [1.29, 1.82) is 5.41 Å². The second-order valence-corrected chi connectivity index (χ2v) is 4.49. The summed E-state index contributed by atoms with van der Waals surface area (Å²) in [4.78, 5) is 2.30. The van der Waals surface area contributed by atoms with Crippen molar-refractivity contribution in [3.8, 4) is 0 Å². The smallest absolute Gasteiger partial charge is 0.122 e. The molecule has 0 unspecified atom stereocenters. The maximum atomic E-state index is 7.40. The summed E-state index contributed by atoms with van der Waals surface area (Å²) in [5, 5.41) is 7.40. The third-order valence-electron chi connectivity index (χ3n) is 3.38. The molecule has 3 rings (SSSR count). The minimum absolute atomic E-state index is 0.114. The molecule has 0 bridgehead atoms. The number of hydrogen-bond acceptors (Lipinski definition) is 2. The van der Waals surface area contributed by atoms with Gasteiger partial charge in [0.2, 0.25) is 0 Å². The van der Waals surface area contributed by atoms with Crippen LogP contribution in [0.4, 0.5) is 11.4 Å². The largest absolute Gasteiger partial charge is 0.384 e. The van der Waals surface area contributed by atoms with E-state index in [1.807, 2.05) is 24.3 Å². The lowest BCUT2D eigenvalue weighted by Crippen LogP contribution is -2.14. The van der Waals surface area contributed by atoms with E-state index in [1.54, 1.807) is 0 Å². The van der Waals surface area contributed by atoms with E-state index in [1.165, 1.54) is 11.3 Å². The molecule has 3 N–H and O–H groups in total. The number of fused-ring (bicyclic) bond motifs is 1. The van der Waals surface area contributed by atoms with Crippen LogP contribution < -0.4 is 10.6 Å². The highest BCUT2D eigenvalue weighted by molar-refractivity contribution is 5.95. The Kier molecular flexibility index (Phi) is 2.52. The maximum absolute atomic E-state index is 7.40. The fourth-order valence-corrected chi connectivity index (χ4v) is 2.43. The molecule has 0 spiro atoms. The zero-order valence-electron chi connectivity index (χ0n) is 10.1. The number of nitrogens with one attached hydrogen (secondary N) is 1. The van der Waals surface area contributed by atoms with Crippen LogP contribution in [0, 0.1) is 5.41 Å². The monoisotopic (exact) mass is 237 g/mol. The SMILES string of the molecule is N=C(N)c1ccc(N2CCc3ccccc32)cc1. The second kappa shape index (κ2) is 4.18. The predicted octanol–water partition coefficient (Wildman–Crippen LogP) is 2.66. The number of amidine groups is 1. The molecule has 0 amide bonds. The lowest BCUT2D eigenvalue weighted by atomic mass is 10.1. The number of rotatable bonds is 2. The van der Waals surface area contributed by atoms with Crippen molar-refractivity contribution < 1.29 is 0 Å². The molecule has 0 aliphatic carbocycles. The first-order valence-corrected chi connectivity index (χ1v) is 6.05. The van der Waals surface area contributed by atoms with Crippen molar-refractivity contribution in [2.75, 3.05) is 11.4 Å². The van der Waals surface area contributed by atoms with E-state index in [9.17, 15) is 0 Å². The molecule has 0 radical (unpaired) electrons. The van der Waals surface area contributed by atoms with Crippen LogP contribution in [-0.2, 0) is 6.42 Å². The number of benzene rings is 2. The van der Waals surface area contributed by atoms with E-state index in [2.05, 4.69) is 29.2 Å². The lowest BCUT2D eigenvalue weighted by molar-refractivity contribution is 0.998. The first kappa shape index (κ1) is 10.8. The summed E-state index contributed by atoms with van der Waals surface area (Å²) in [6, 6.07) is 16.3. The zero-order chi connectivity index (χ0) is 12.5. The number of anilines is 2. The van der Waals surface area contributed by atoms with E-state index >= 15 is 0 Å². The normalized spacial score (nSPS) is 13.4. The summed E-state index contributed by atoms with van der Waals surface area (Å²) < 4.78 is 0. The number of hydrogen-bond donors (Lipinski definition) is 2. The lowest BCUT2D eigenvalue weighted by Gasteiger charge is -2.19. The number of para-hydroxylation sites is 1. The van der Waals surface area contributed by atoms with Crippen molar-refractivity contribution in [2.24, 2.45) is 5.73 Å². The van der Waals surface area contributed by atoms with E-state index in [0.29, 0.717) is 0 Å². The topological polar surface area (TPSA) is 53.1 Å². The van der Waals surface area contributed by atoms with Gasteiger partial charge in [-0.25, -0.2) is 0 Å². The van der Waals surface area contributed by atoms with E-state index < -0.39 is 0 Å². The van der Waals surface area contributed by atoms with Crippen molar-refractivity contribution in [1.82, 2.24) is 0 Å². The fourth-order valence-electron chi connectivity index (χ4n) is 2.43. The van der Waals surface area contributed by atoms with Gasteiger partial charge in [-0.3, -0.25) is 5.41 Å². The minimum atomic E-state index is 0.114. The van der Waals surface area contributed by atoms with Crippen molar-refractivity contribution in [2.45, 2.75) is 6.42 Å². The van der Waals surface area contributed by atoms with Crippen LogP contribution in [0.15, 0.2) is 48.5 Å². The van der Waals surface area contributed by atoms with Gasteiger partial charge in [0.05, 0.1) is 0 Å². The molecule has 3 nitrogen and oxygen atoms in total. The van der Waals surface area contributed by atoms with Gasteiger partial charge in [-0.1, -0.05) is 18.2 Å². The van der Waals surface area contributed by atoms with Gasteiger partial charge in [0, 0.05) is 23.5 Å². The quantitative estimate of drug-likeness (QED) is 0.623. The first-order valence-electron chi connectivity index (χ1n) is 6.05. The molecule has 1 aliphatic rings. The number of nitrogens with two attached hydrogens (primary N) is 1. The van der Waals surface area contributed by atoms with Crippen LogP contribution in [0.5, 0.6) is 0 Å². The van der Waals surface area contributed by atoms with Gasteiger partial charge in [0.15, 0.2) is 0 Å². The third kappa shape index (κ3) is 1.74. The molecule has 90 valence electrons. The summed E-state index contributed by atoms with van der Waals surface area (Å²) in [7, 11) is 0. The molecule has 0 atom stereocenters. The highest BCUT2D eigenvalue weighted by Gasteiger charge is 2.19. The van der Waals surface area contributed by atoms with E-state index in [0.717, 1.165) is 24.2 Å².